The van der Waals surface area contributed by atoms with Crippen molar-refractivity contribution in [1.82, 2.24) is 0 Å². The lowest BCUT2D eigenvalue weighted by atomic mass is 10.2. The molecule has 2 N–H and O–H groups in total. The maximum absolute atomic E-state index is 12.3. The molecule has 0 aliphatic heterocycles. The molecular formula is C20H13Cl2IN2O2. The fourth-order valence-corrected chi connectivity index (χ4v) is 3.48. The number of hydrogen-bond acceptors (Lipinski definition) is 2. The van der Waals surface area contributed by atoms with Gasteiger partial charge in [-0.3, -0.25) is 9.59 Å². The highest BCUT2D eigenvalue weighted by Gasteiger charge is 2.12. The molecular weight excluding hydrogens is 498 g/mol. The molecule has 0 aromatic heterocycles. The van der Waals surface area contributed by atoms with Crippen LogP contribution in [0.5, 0.6) is 0 Å². The Labute approximate surface area is 180 Å². The van der Waals surface area contributed by atoms with Gasteiger partial charge in [-0.2, -0.15) is 0 Å². The predicted octanol–water partition coefficient (Wildman–Crippen LogP) is 6.10. The van der Waals surface area contributed by atoms with Gasteiger partial charge in [-0.1, -0.05) is 35.3 Å². The fraction of sp³-hybridized carbons (Fsp3) is 0. The Bertz CT molecular complexity index is 1010. The highest BCUT2D eigenvalue weighted by molar-refractivity contribution is 14.1. The standard InChI is InChI=1S/C20H13Cl2IN2O2/c21-12-5-10-15(17(22)11-12)19(26)24-13-6-8-14(9-7-13)25-20(27)16-3-1-2-4-18(16)23/h1-11H,(H,24,26)(H,25,27). The Balaban J connectivity index is 1.67. The normalized spacial score (nSPS) is 10.3. The van der Waals surface area contributed by atoms with Gasteiger partial charge in [0.05, 0.1) is 16.1 Å². The van der Waals surface area contributed by atoms with Gasteiger partial charge in [-0.05, 0) is 77.2 Å². The first kappa shape index (κ1) is 19.7. The van der Waals surface area contributed by atoms with Crippen LogP contribution in [0.4, 0.5) is 11.4 Å². The van der Waals surface area contributed by atoms with E-state index in [0.717, 1.165) is 3.57 Å². The predicted molar refractivity (Wildman–Crippen MR) is 118 cm³/mol. The summed E-state index contributed by atoms with van der Waals surface area (Å²) in [6.45, 7) is 0. The SMILES string of the molecule is O=C(Nc1ccc(NC(=O)c2ccccc2I)cc1)c1ccc(Cl)cc1Cl. The van der Waals surface area contributed by atoms with E-state index in [0.29, 0.717) is 27.5 Å². The van der Waals surface area contributed by atoms with Gasteiger partial charge in [0.1, 0.15) is 0 Å². The summed E-state index contributed by atoms with van der Waals surface area (Å²) in [6, 6.07) is 18.8. The van der Waals surface area contributed by atoms with Gasteiger partial charge in [0.15, 0.2) is 0 Å². The van der Waals surface area contributed by atoms with E-state index in [9.17, 15) is 9.59 Å². The van der Waals surface area contributed by atoms with E-state index >= 15 is 0 Å². The summed E-state index contributed by atoms with van der Waals surface area (Å²) in [4.78, 5) is 24.7. The molecule has 7 heteroatoms. The molecule has 0 atom stereocenters. The van der Waals surface area contributed by atoms with Crippen LogP contribution in [0.1, 0.15) is 20.7 Å². The first-order chi connectivity index (χ1) is 12.9. The second-order valence-corrected chi connectivity index (χ2v) is 7.60. The van der Waals surface area contributed by atoms with Gasteiger partial charge in [0.2, 0.25) is 0 Å². The summed E-state index contributed by atoms with van der Waals surface area (Å²) >= 11 is 14.0. The Kier molecular flexibility index (Phi) is 6.36. The third-order valence-corrected chi connectivity index (χ3v) is 5.18. The molecule has 3 aromatic rings. The molecule has 0 saturated heterocycles. The minimum Gasteiger partial charge on any atom is -0.322 e. The molecule has 0 radical (unpaired) electrons. The van der Waals surface area contributed by atoms with Gasteiger partial charge in [0.25, 0.3) is 11.8 Å². The number of amides is 2. The van der Waals surface area contributed by atoms with E-state index < -0.39 is 0 Å². The molecule has 0 bridgehead atoms. The number of halogens is 3. The molecule has 3 aromatic carbocycles. The van der Waals surface area contributed by atoms with Gasteiger partial charge in [-0.25, -0.2) is 0 Å². The molecule has 4 nitrogen and oxygen atoms in total. The minimum absolute atomic E-state index is 0.190. The zero-order chi connectivity index (χ0) is 19.4. The highest BCUT2D eigenvalue weighted by Crippen LogP contribution is 2.23. The summed E-state index contributed by atoms with van der Waals surface area (Å²) in [5.74, 6) is -0.531. The average Bonchev–Trinajstić information content (AvgIpc) is 2.63. The fourth-order valence-electron chi connectivity index (χ4n) is 2.35. The molecule has 0 spiro atoms. The molecule has 0 saturated carbocycles. The van der Waals surface area contributed by atoms with E-state index in [1.165, 1.54) is 6.07 Å². The smallest absolute Gasteiger partial charge is 0.257 e. The van der Waals surface area contributed by atoms with Crippen molar-refractivity contribution in [3.63, 3.8) is 0 Å². The molecule has 0 fully saturated rings. The van der Waals surface area contributed by atoms with Crippen molar-refractivity contribution in [2.75, 3.05) is 10.6 Å². The summed E-state index contributed by atoms with van der Waals surface area (Å²) in [7, 11) is 0. The quantitative estimate of drug-likeness (QED) is 0.416. The summed E-state index contributed by atoms with van der Waals surface area (Å²) < 4.78 is 0.872. The number of anilines is 2. The number of carbonyl (C=O) groups excluding carboxylic acids is 2. The summed E-state index contributed by atoms with van der Waals surface area (Å²) in [6.07, 6.45) is 0. The van der Waals surface area contributed by atoms with Crippen LogP contribution in [-0.4, -0.2) is 11.8 Å². The Morgan fingerprint density at radius 1 is 0.741 bits per heavy atom. The van der Waals surface area contributed by atoms with Gasteiger partial charge in [-0.15, -0.1) is 0 Å². The maximum atomic E-state index is 12.3. The van der Waals surface area contributed by atoms with Crippen molar-refractivity contribution >= 4 is 69.0 Å². The number of carbonyl (C=O) groups is 2. The van der Waals surface area contributed by atoms with Crippen LogP contribution in [0, 0.1) is 3.57 Å². The average molecular weight is 511 g/mol. The van der Waals surface area contributed by atoms with Crippen molar-refractivity contribution in [2.45, 2.75) is 0 Å². The Morgan fingerprint density at radius 3 is 1.85 bits per heavy atom. The van der Waals surface area contributed by atoms with Gasteiger partial charge < -0.3 is 10.6 Å². The van der Waals surface area contributed by atoms with Gasteiger partial charge >= 0.3 is 0 Å². The van der Waals surface area contributed by atoms with Crippen molar-refractivity contribution in [3.8, 4) is 0 Å². The molecule has 2 amide bonds. The molecule has 0 aliphatic carbocycles. The summed E-state index contributed by atoms with van der Waals surface area (Å²) in [5, 5.41) is 6.34. The van der Waals surface area contributed by atoms with E-state index in [1.54, 1.807) is 42.5 Å². The third kappa shape index (κ3) is 5.00. The Hall–Kier alpha value is -2.09. The van der Waals surface area contributed by atoms with E-state index in [2.05, 4.69) is 33.2 Å². The van der Waals surface area contributed by atoms with E-state index in [4.69, 9.17) is 23.2 Å². The van der Waals surface area contributed by atoms with Crippen LogP contribution >= 0.6 is 45.8 Å². The Morgan fingerprint density at radius 2 is 1.30 bits per heavy atom. The van der Waals surface area contributed by atoms with Crippen molar-refractivity contribution in [1.29, 1.82) is 0 Å². The minimum atomic E-state index is -0.340. The lowest BCUT2D eigenvalue weighted by molar-refractivity contribution is 0.101. The van der Waals surface area contributed by atoms with E-state index in [1.807, 2.05) is 18.2 Å². The zero-order valence-electron chi connectivity index (χ0n) is 13.8. The number of nitrogens with one attached hydrogen (secondary N) is 2. The molecule has 0 aliphatic rings. The van der Waals surface area contributed by atoms with Crippen molar-refractivity contribution < 1.29 is 9.59 Å². The third-order valence-electron chi connectivity index (χ3n) is 3.69. The number of benzene rings is 3. The first-order valence-electron chi connectivity index (χ1n) is 7.86. The number of rotatable bonds is 4. The molecule has 0 unspecified atom stereocenters. The molecule has 0 heterocycles. The number of hydrogen-bond donors (Lipinski definition) is 2. The van der Waals surface area contributed by atoms with Crippen LogP contribution in [0.2, 0.25) is 10.0 Å². The topological polar surface area (TPSA) is 58.2 Å². The van der Waals surface area contributed by atoms with Crippen LogP contribution in [0.25, 0.3) is 0 Å². The van der Waals surface area contributed by atoms with Crippen LogP contribution in [0.15, 0.2) is 66.7 Å². The van der Waals surface area contributed by atoms with Crippen LogP contribution in [-0.2, 0) is 0 Å². The van der Waals surface area contributed by atoms with E-state index in [-0.39, 0.29) is 16.8 Å². The summed E-state index contributed by atoms with van der Waals surface area (Å²) in [5.41, 5.74) is 2.14. The maximum Gasteiger partial charge on any atom is 0.257 e. The van der Waals surface area contributed by atoms with Crippen LogP contribution < -0.4 is 10.6 Å². The lowest BCUT2D eigenvalue weighted by Crippen LogP contribution is -2.14. The molecule has 27 heavy (non-hydrogen) atoms. The zero-order valence-corrected chi connectivity index (χ0v) is 17.5. The van der Waals surface area contributed by atoms with Crippen molar-refractivity contribution in [3.05, 3.63) is 91.5 Å². The highest BCUT2D eigenvalue weighted by atomic mass is 127. The molecule has 3 rings (SSSR count). The first-order valence-corrected chi connectivity index (χ1v) is 9.70. The second-order valence-electron chi connectivity index (χ2n) is 5.59. The van der Waals surface area contributed by atoms with Crippen molar-refractivity contribution in [2.24, 2.45) is 0 Å². The lowest BCUT2D eigenvalue weighted by Gasteiger charge is -2.09. The van der Waals surface area contributed by atoms with Gasteiger partial charge in [0, 0.05) is 20.0 Å². The monoisotopic (exact) mass is 510 g/mol. The second kappa shape index (κ2) is 8.73. The largest absolute Gasteiger partial charge is 0.322 e. The van der Waals surface area contributed by atoms with Crippen LogP contribution in [0.3, 0.4) is 0 Å². The molecule has 136 valence electrons.